The Bertz CT molecular complexity index is 493. The summed E-state index contributed by atoms with van der Waals surface area (Å²) in [6.45, 7) is 1.94. The first-order valence-corrected chi connectivity index (χ1v) is 5.81. The van der Waals surface area contributed by atoms with Crippen LogP contribution in [0.25, 0.3) is 0 Å². The predicted octanol–water partition coefficient (Wildman–Crippen LogP) is 1.38. The Hall–Kier alpha value is -2.04. The van der Waals surface area contributed by atoms with Crippen molar-refractivity contribution in [2.24, 2.45) is 0 Å². The van der Waals surface area contributed by atoms with Crippen molar-refractivity contribution >= 4 is 11.9 Å². The second-order valence-corrected chi connectivity index (χ2v) is 4.36. The summed E-state index contributed by atoms with van der Waals surface area (Å²) in [5.41, 5.74) is 6.92. The minimum atomic E-state index is 0.378. The van der Waals surface area contributed by atoms with Crippen molar-refractivity contribution in [3.05, 3.63) is 35.9 Å². The topological polar surface area (TPSA) is 70.8 Å². The summed E-state index contributed by atoms with van der Waals surface area (Å²) in [6, 6.07) is 10.6. The molecule has 0 bridgehead atoms. The third-order valence-corrected chi connectivity index (χ3v) is 3.23. The minimum absolute atomic E-state index is 0.378. The number of aromatic amines is 1. The number of anilines is 2. The van der Waals surface area contributed by atoms with Crippen LogP contribution in [0, 0.1) is 0 Å². The number of nitrogen functional groups attached to an aromatic ring is 1. The smallest absolute Gasteiger partial charge is 0.246 e. The van der Waals surface area contributed by atoms with E-state index < -0.39 is 0 Å². The summed E-state index contributed by atoms with van der Waals surface area (Å²) in [5.74, 6) is 1.65. The molecule has 0 aliphatic carbocycles. The van der Waals surface area contributed by atoms with Crippen LogP contribution in [-0.4, -0.2) is 28.3 Å². The van der Waals surface area contributed by atoms with Gasteiger partial charge in [-0.2, -0.15) is 4.98 Å². The van der Waals surface area contributed by atoms with Gasteiger partial charge < -0.3 is 10.6 Å². The summed E-state index contributed by atoms with van der Waals surface area (Å²) in [4.78, 5) is 6.33. The van der Waals surface area contributed by atoms with Gasteiger partial charge in [-0.1, -0.05) is 30.3 Å². The van der Waals surface area contributed by atoms with E-state index in [-0.39, 0.29) is 0 Å². The molecule has 1 aromatic carbocycles. The van der Waals surface area contributed by atoms with Crippen molar-refractivity contribution < 1.29 is 0 Å². The molecular weight excluding hydrogens is 214 g/mol. The molecule has 3 N–H and O–H groups in total. The van der Waals surface area contributed by atoms with Crippen molar-refractivity contribution in [2.75, 3.05) is 23.7 Å². The van der Waals surface area contributed by atoms with Crippen molar-refractivity contribution in [2.45, 2.75) is 12.3 Å². The molecule has 5 heteroatoms. The van der Waals surface area contributed by atoms with E-state index in [4.69, 9.17) is 5.73 Å². The van der Waals surface area contributed by atoms with Gasteiger partial charge in [0.25, 0.3) is 0 Å². The molecule has 1 aromatic heterocycles. The summed E-state index contributed by atoms with van der Waals surface area (Å²) >= 11 is 0. The Labute approximate surface area is 99.7 Å². The zero-order valence-corrected chi connectivity index (χ0v) is 9.50. The Morgan fingerprint density at radius 3 is 2.82 bits per heavy atom. The molecule has 1 aliphatic heterocycles. The predicted molar refractivity (Wildman–Crippen MR) is 66.8 cm³/mol. The Morgan fingerprint density at radius 2 is 2.12 bits per heavy atom. The van der Waals surface area contributed by atoms with E-state index in [9.17, 15) is 0 Å². The fraction of sp³-hybridized carbons (Fsp3) is 0.333. The second-order valence-electron chi connectivity index (χ2n) is 4.36. The molecule has 1 unspecified atom stereocenters. The fourth-order valence-electron chi connectivity index (χ4n) is 2.35. The van der Waals surface area contributed by atoms with Crippen LogP contribution < -0.4 is 10.6 Å². The first-order valence-electron chi connectivity index (χ1n) is 5.81. The molecule has 3 rings (SSSR count). The number of hydrogen-bond acceptors (Lipinski definition) is 4. The number of rotatable bonds is 2. The van der Waals surface area contributed by atoms with Crippen LogP contribution in [-0.2, 0) is 0 Å². The number of hydrogen-bond donors (Lipinski definition) is 2. The Kier molecular flexibility index (Phi) is 2.44. The molecule has 0 spiro atoms. The van der Waals surface area contributed by atoms with Crippen LogP contribution in [0.5, 0.6) is 0 Å². The van der Waals surface area contributed by atoms with E-state index >= 15 is 0 Å². The molecule has 1 saturated heterocycles. The Morgan fingerprint density at radius 1 is 1.29 bits per heavy atom. The van der Waals surface area contributed by atoms with E-state index in [2.05, 4.69) is 44.3 Å². The van der Waals surface area contributed by atoms with Gasteiger partial charge in [0.2, 0.25) is 11.9 Å². The summed E-state index contributed by atoms with van der Waals surface area (Å²) in [7, 11) is 0. The minimum Gasteiger partial charge on any atom is -0.368 e. The maximum atomic E-state index is 5.54. The summed E-state index contributed by atoms with van der Waals surface area (Å²) in [5, 5.41) is 6.77. The van der Waals surface area contributed by atoms with Gasteiger partial charge in [0, 0.05) is 19.0 Å². The summed E-state index contributed by atoms with van der Waals surface area (Å²) < 4.78 is 0. The van der Waals surface area contributed by atoms with Gasteiger partial charge in [0.1, 0.15) is 0 Å². The van der Waals surface area contributed by atoms with Gasteiger partial charge in [-0.25, -0.2) is 5.10 Å². The Balaban J connectivity index is 1.74. The van der Waals surface area contributed by atoms with Crippen LogP contribution in [0.2, 0.25) is 0 Å². The van der Waals surface area contributed by atoms with E-state index in [0.717, 1.165) is 19.5 Å². The number of benzene rings is 1. The van der Waals surface area contributed by atoms with Crippen molar-refractivity contribution in [3.8, 4) is 0 Å². The zero-order chi connectivity index (χ0) is 11.7. The maximum absolute atomic E-state index is 5.54. The molecule has 1 fully saturated rings. The third-order valence-electron chi connectivity index (χ3n) is 3.23. The van der Waals surface area contributed by atoms with Gasteiger partial charge in [-0.3, -0.25) is 0 Å². The molecule has 5 nitrogen and oxygen atoms in total. The fourth-order valence-corrected chi connectivity index (χ4v) is 2.35. The standard InChI is InChI=1S/C12H15N5/c13-11-14-12(16-15-11)17-7-6-10(8-17)9-4-2-1-3-5-9/h1-5,10H,6-8H2,(H3,13,14,15,16). The highest BCUT2D eigenvalue weighted by molar-refractivity contribution is 5.37. The third kappa shape index (κ3) is 1.95. The van der Waals surface area contributed by atoms with Gasteiger partial charge in [-0.05, 0) is 12.0 Å². The first-order chi connectivity index (χ1) is 8.33. The lowest BCUT2D eigenvalue weighted by atomic mass is 9.99. The monoisotopic (exact) mass is 229 g/mol. The zero-order valence-electron chi connectivity index (χ0n) is 9.50. The molecule has 1 atom stereocenters. The normalized spacial score (nSPS) is 19.8. The van der Waals surface area contributed by atoms with Crippen LogP contribution in [0.3, 0.4) is 0 Å². The lowest BCUT2D eigenvalue weighted by molar-refractivity contribution is 0.773. The molecule has 2 aromatic rings. The van der Waals surface area contributed by atoms with E-state index in [1.54, 1.807) is 0 Å². The SMILES string of the molecule is Nc1nc(N2CCC(c3ccccc3)C2)n[nH]1. The first kappa shape index (κ1) is 10.1. The van der Waals surface area contributed by atoms with E-state index in [0.29, 0.717) is 17.8 Å². The molecule has 0 radical (unpaired) electrons. The van der Waals surface area contributed by atoms with Gasteiger partial charge in [0.05, 0.1) is 0 Å². The highest BCUT2D eigenvalue weighted by atomic mass is 15.4. The molecule has 2 heterocycles. The molecular formula is C12H15N5. The maximum Gasteiger partial charge on any atom is 0.246 e. The number of aromatic nitrogens is 3. The van der Waals surface area contributed by atoms with Crippen LogP contribution in [0.4, 0.5) is 11.9 Å². The van der Waals surface area contributed by atoms with E-state index in [1.807, 2.05) is 6.07 Å². The molecule has 1 aliphatic rings. The molecule has 17 heavy (non-hydrogen) atoms. The number of H-pyrrole nitrogens is 1. The van der Waals surface area contributed by atoms with Gasteiger partial charge in [0.15, 0.2) is 0 Å². The lowest BCUT2D eigenvalue weighted by Crippen LogP contribution is -2.20. The largest absolute Gasteiger partial charge is 0.368 e. The molecule has 88 valence electrons. The van der Waals surface area contributed by atoms with Crippen molar-refractivity contribution in [1.29, 1.82) is 0 Å². The van der Waals surface area contributed by atoms with E-state index in [1.165, 1.54) is 5.56 Å². The average molecular weight is 229 g/mol. The molecule has 0 saturated carbocycles. The number of nitrogens with zero attached hydrogens (tertiary/aromatic N) is 3. The van der Waals surface area contributed by atoms with Gasteiger partial charge in [-0.15, -0.1) is 5.10 Å². The number of nitrogens with one attached hydrogen (secondary N) is 1. The second kappa shape index (κ2) is 4.08. The molecule has 0 amide bonds. The van der Waals surface area contributed by atoms with Crippen molar-refractivity contribution in [3.63, 3.8) is 0 Å². The average Bonchev–Trinajstić information content (AvgIpc) is 2.98. The highest BCUT2D eigenvalue weighted by Crippen LogP contribution is 2.28. The lowest BCUT2D eigenvalue weighted by Gasteiger charge is -2.13. The highest BCUT2D eigenvalue weighted by Gasteiger charge is 2.25. The number of nitrogens with two attached hydrogens (primary N) is 1. The van der Waals surface area contributed by atoms with Crippen LogP contribution in [0.15, 0.2) is 30.3 Å². The van der Waals surface area contributed by atoms with Crippen molar-refractivity contribution in [1.82, 2.24) is 15.2 Å². The van der Waals surface area contributed by atoms with Crippen LogP contribution in [0.1, 0.15) is 17.9 Å². The quantitative estimate of drug-likeness (QED) is 0.816. The van der Waals surface area contributed by atoms with Crippen LogP contribution >= 0.6 is 0 Å². The summed E-state index contributed by atoms with van der Waals surface area (Å²) in [6.07, 6.45) is 1.14. The van der Waals surface area contributed by atoms with Gasteiger partial charge >= 0.3 is 0 Å².